The van der Waals surface area contributed by atoms with Gasteiger partial charge in [0.2, 0.25) is 0 Å². The molecule has 19 heavy (non-hydrogen) atoms. The molecule has 2 nitrogen and oxygen atoms in total. The average Bonchev–Trinajstić information content (AvgIpc) is 2.41. The van der Waals surface area contributed by atoms with Crippen molar-refractivity contribution in [2.45, 2.75) is 18.8 Å². The molecule has 0 saturated heterocycles. The number of alkyl halides is 1. The van der Waals surface area contributed by atoms with Gasteiger partial charge in [0.05, 0.1) is 0 Å². The Morgan fingerprint density at radius 3 is 2.63 bits per heavy atom. The normalized spacial score (nSPS) is 10.5. The third-order valence-electron chi connectivity index (χ3n) is 2.99. The van der Waals surface area contributed by atoms with Gasteiger partial charge in [-0.15, -0.1) is 0 Å². The fourth-order valence-electron chi connectivity index (χ4n) is 2.06. The minimum Gasteiger partial charge on any atom is -0.355 e. The van der Waals surface area contributed by atoms with Crippen molar-refractivity contribution in [2.75, 3.05) is 11.9 Å². The molecule has 0 unspecified atom stereocenters. The van der Waals surface area contributed by atoms with Crippen molar-refractivity contribution in [2.24, 2.45) is 0 Å². The fourth-order valence-corrected chi connectivity index (χ4v) is 2.77. The average molecular weight is 384 g/mol. The molecule has 0 bridgehead atoms. The first-order valence-corrected chi connectivity index (χ1v) is 7.99. The van der Waals surface area contributed by atoms with Crippen molar-refractivity contribution < 1.29 is 0 Å². The van der Waals surface area contributed by atoms with Crippen LogP contribution in [0.3, 0.4) is 0 Å². The Kier molecular flexibility index (Phi) is 4.99. The zero-order chi connectivity index (χ0) is 13.8. The van der Waals surface area contributed by atoms with E-state index < -0.39 is 0 Å². The maximum Gasteiger partial charge on any atom is 0.131 e. The number of benzene rings is 1. The van der Waals surface area contributed by atoms with Crippen LogP contribution in [0.25, 0.3) is 0 Å². The molecule has 0 aliphatic carbocycles. The molecule has 0 saturated carbocycles. The van der Waals surface area contributed by atoms with Crippen LogP contribution in [0.2, 0.25) is 0 Å². The highest BCUT2D eigenvalue weighted by atomic mass is 79.9. The Balaban J connectivity index is 2.21. The van der Waals surface area contributed by atoms with E-state index in [1.165, 1.54) is 16.7 Å². The minimum absolute atomic E-state index is 0.836. The van der Waals surface area contributed by atoms with Gasteiger partial charge in [-0.05, 0) is 29.7 Å². The van der Waals surface area contributed by atoms with Gasteiger partial charge in [0.15, 0.2) is 0 Å². The Bertz CT molecular complexity index is 570. The summed E-state index contributed by atoms with van der Waals surface area (Å²) in [5.74, 6) is 1.03. The summed E-state index contributed by atoms with van der Waals surface area (Å²) < 4.78 is 1.14. The molecule has 4 heteroatoms. The summed E-state index contributed by atoms with van der Waals surface area (Å²) in [5.41, 5.74) is 3.66. The number of aryl methyl sites for hydroxylation is 1. The number of aromatic nitrogens is 1. The Labute approximate surface area is 131 Å². The van der Waals surface area contributed by atoms with Crippen LogP contribution in [-0.4, -0.2) is 12.0 Å². The van der Waals surface area contributed by atoms with Gasteiger partial charge in [0.1, 0.15) is 5.82 Å². The molecule has 2 rings (SSSR count). The summed E-state index contributed by atoms with van der Waals surface area (Å²) in [6.07, 6.45) is 1.92. The Morgan fingerprint density at radius 1 is 1.26 bits per heavy atom. The van der Waals surface area contributed by atoms with E-state index in [2.05, 4.69) is 80.0 Å². The van der Waals surface area contributed by atoms with Gasteiger partial charge >= 0.3 is 0 Å². The van der Waals surface area contributed by atoms with Gasteiger partial charge in [-0.3, -0.25) is 0 Å². The second-order valence-corrected chi connectivity index (χ2v) is 5.98. The van der Waals surface area contributed by atoms with Crippen molar-refractivity contribution in [1.29, 1.82) is 0 Å². The van der Waals surface area contributed by atoms with E-state index in [0.717, 1.165) is 22.2 Å². The molecular weight excluding hydrogens is 368 g/mol. The summed E-state index contributed by atoms with van der Waals surface area (Å²) in [7, 11) is 2.07. The molecule has 2 aromatic rings. The molecule has 0 radical (unpaired) electrons. The van der Waals surface area contributed by atoms with Crippen LogP contribution in [0.4, 0.5) is 5.82 Å². The maximum atomic E-state index is 4.56. The van der Waals surface area contributed by atoms with Crippen molar-refractivity contribution in [3.05, 3.63) is 57.7 Å². The Morgan fingerprint density at radius 2 is 2.00 bits per heavy atom. The largest absolute Gasteiger partial charge is 0.355 e. The molecule has 0 N–H and O–H groups in total. The molecule has 0 fully saturated rings. The van der Waals surface area contributed by atoms with E-state index in [0.29, 0.717) is 0 Å². The number of anilines is 1. The first-order valence-electron chi connectivity index (χ1n) is 6.08. The van der Waals surface area contributed by atoms with Crippen LogP contribution < -0.4 is 4.90 Å². The zero-order valence-electron chi connectivity index (χ0n) is 11.0. The molecule has 1 aromatic carbocycles. The third-order valence-corrected chi connectivity index (χ3v) is 4.41. The standard InChI is InChI=1S/C15H16Br2N2/c1-11-7-12(8-16)9-18-15(11)19(2)10-13-5-3-4-6-14(13)17/h3-7,9H,8,10H2,1-2H3. The van der Waals surface area contributed by atoms with Crippen LogP contribution in [0.15, 0.2) is 41.0 Å². The summed E-state index contributed by atoms with van der Waals surface area (Å²) in [4.78, 5) is 6.73. The molecule has 0 aliphatic rings. The zero-order valence-corrected chi connectivity index (χ0v) is 14.2. The molecule has 0 amide bonds. The number of pyridine rings is 1. The monoisotopic (exact) mass is 382 g/mol. The minimum atomic E-state index is 0.836. The predicted molar refractivity (Wildman–Crippen MR) is 87.9 cm³/mol. The van der Waals surface area contributed by atoms with Gasteiger partial charge < -0.3 is 4.90 Å². The lowest BCUT2D eigenvalue weighted by molar-refractivity contribution is 0.885. The second-order valence-electron chi connectivity index (χ2n) is 4.57. The number of rotatable bonds is 4. The molecular formula is C15H16Br2N2. The van der Waals surface area contributed by atoms with E-state index in [1.807, 2.05) is 12.3 Å². The second kappa shape index (κ2) is 6.53. The summed E-state index contributed by atoms with van der Waals surface area (Å²) in [6, 6.07) is 10.5. The van der Waals surface area contributed by atoms with Crippen LogP contribution in [-0.2, 0) is 11.9 Å². The van der Waals surface area contributed by atoms with Crippen molar-refractivity contribution in [3.8, 4) is 0 Å². The highest BCUT2D eigenvalue weighted by molar-refractivity contribution is 9.10. The fraction of sp³-hybridized carbons (Fsp3) is 0.267. The van der Waals surface area contributed by atoms with Crippen molar-refractivity contribution in [1.82, 2.24) is 4.98 Å². The van der Waals surface area contributed by atoms with E-state index in [4.69, 9.17) is 0 Å². The number of halogens is 2. The quantitative estimate of drug-likeness (QED) is 0.712. The van der Waals surface area contributed by atoms with E-state index in [-0.39, 0.29) is 0 Å². The Hall–Kier alpha value is -0.870. The number of hydrogen-bond donors (Lipinski definition) is 0. The van der Waals surface area contributed by atoms with Crippen molar-refractivity contribution >= 4 is 37.7 Å². The van der Waals surface area contributed by atoms with Crippen LogP contribution in [0, 0.1) is 6.92 Å². The van der Waals surface area contributed by atoms with Gasteiger partial charge in [0.25, 0.3) is 0 Å². The highest BCUT2D eigenvalue weighted by Gasteiger charge is 2.09. The van der Waals surface area contributed by atoms with E-state index in [1.54, 1.807) is 0 Å². The lowest BCUT2D eigenvalue weighted by Crippen LogP contribution is -2.19. The molecule has 0 spiro atoms. The SMILES string of the molecule is Cc1cc(CBr)cnc1N(C)Cc1ccccc1Br. The lowest BCUT2D eigenvalue weighted by atomic mass is 10.2. The predicted octanol–water partition coefficient (Wildman–Crippen LogP) is 4.68. The van der Waals surface area contributed by atoms with Crippen LogP contribution in [0.5, 0.6) is 0 Å². The van der Waals surface area contributed by atoms with Gasteiger partial charge in [-0.25, -0.2) is 4.98 Å². The number of nitrogens with zero attached hydrogens (tertiary/aromatic N) is 2. The van der Waals surface area contributed by atoms with Gasteiger partial charge in [0, 0.05) is 29.6 Å². The van der Waals surface area contributed by atoms with Crippen molar-refractivity contribution in [3.63, 3.8) is 0 Å². The molecule has 1 aromatic heterocycles. The molecule has 0 aliphatic heterocycles. The molecule has 100 valence electrons. The summed E-state index contributed by atoms with van der Waals surface area (Å²) in [5, 5.41) is 0.842. The van der Waals surface area contributed by atoms with Gasteiger partial charge in [-0.1, -0.05) is 56.1 Å². The van der Waals surface area contributed by atoms with Crippen LogP contribution >= 0.6 is 31.9 Å². The van der Waals surface area contributed by atoms with E-state index in [9.17, 15) is 0 Å². The van der Waals surface area contributed by atoms with Crippen LogP contribution in [0.1, 0.15) is 16.7 Å². The summed E-state index contributed by atoms with van der Waals surface area (Å²) in [6.45, 7) is 2.94. The first kappa shape index (κ1) is 14.5. The maximum absolute atomic E-state index is 4.56. The third kappa shape index (κ3) is 3.57. The topological polar surface area (TPSA) is 16.1 Å². The molecule has 1 heterocycles. The smallest absolute Gasteiger partial charge is 0.131 e. The van der Waals surface area contributed by atoms with Gasteiger partial charge in [-0.2, -0.15) is 0 Å². The highest BCUT2D eigenvalue weighted by Crippen LogP contribution is 2.22. The first-order chi connectivity index (χ1) is 9.11. The summed E-state index contributed by atoms with van der Waals surface area (Å²) >= 11 is 7.04. The lowest BCUT2D eigenvalue weighted by Gasteiger charge is -2.21. The number of hydrogen-bond acceptors (Lipinski definition) is 2. The van der Waals surface area contributed by atoms with E-state index >= 15 is 0 Å². The molecule has 0 atom stereocenters.